The zero-order valence-corrected chi connectivity index (χ0v) is 11.7. The lowest BCUT2D eigenvalue weighted by atomic mass is 10.0. The third-order valence-corrected chi connectivity index (χ3v) is 2.94. The second-order valence-corrected chi connectivity index (χ2v) is 4.46. The summed E-state index contributed by atoms with van der Waals surface area (Å²) in [6.45, 7) is 2.05. The Morgan fingerprint density at radius 2 is 2.21 bits per heavy atom. The Bertz CT molecular complexity index is 436. The van der Waals surface area contributed by atoms with Crippen LogP contribution < -0.4 is 4.74 Å². The van der Waals surface area contributed by atoms with Crippen LogP contribution in [0.1, 0.15) is 37.3 Å². The van der Waals surface area contributed by atoms with Crippen LogP contribution in [-0.2, 0) is 17.8 Å². The van der Waals surface area contributed by atoms with E-state index >= 15 is 0 Å². The van der Waals surface area contributed by atoms with Crippen molar-refractivity contribution in [3.8, 4) is 5.75 Å². The Kier molecular flexibility index (Phi) is 6.90. The number of carbonyl (C=O) groups is 1. The topological polar surface area (TPSA) is 46.5 Å². The number of aliphatic hydroxyl groups excluding tert-OH is 1. The lowest BCUT2D eigenvalue weighted by Gasteiger charge is -2.08. The molecule has 104 valence electrons. The minimum absolute atomic E-state index is 0.0395. The molecule has 0 fully saturated rings. The lowest BCUT2D eigenvalue weighted by Crippen LogP contribution is -1.98. The molecule has 1 aromatic rings. The van der Waals surface area contributed by atoms with Crippen LogP contribution in [0, 0.1) is 0 Å². The van der Waals surface area contributed by atoms with Crippen molar-refractivity contribution in [1.82, 2.24) is 0 Å². The second-order valence-electron chi connectivity index (χ2n) is 4.46. The van der Waals surface area contributed by atoms with Gasteiger partial charge >= 0.3 is 0 Å². The maximum Gasteiger partial charge on any atom is 0.155 e. The van der Waals surface area contributed by atoms with Crippen LogP contribution in [0.3, 0.4) is 0 Å². The fraction of sp³-hybridized carbons (Fsp3) is 0.438. The van der Waals surface area contributed by atoms with Crippen molar-refractivity contribution >= 4 is 5.78 Å². The molecule has 0 bridgehead atoms. The number of hydrogen-bond acceptors (Lipinski definition) is 3. The van der Waals surface area contributed by atoms with Gasteiger partial charge in [-0.15, -0.1) is 0 Å². The predicted molar refractivity (Wildman–Crippen MR) is 76.3 cm³/mol. The van der Waals surface area contributed by atoms with Gasteiger partial charge in [-0.25, -0.2) is 0 Å². The SMILES string of the molecule is CCC/C=C/C(=O)CCc1ccc(CO)c(OC)c1. The van der Waals surface area contributed by atoms with Gasteiger partial charge in [0.05, 0.1) is 13.7 Å². The van der Waals surface area contributed by atoms with E-state index in [2.05, 4.69) is 6.92 Å². The molecule has 0 amide bonds. The maximum absolute atomic E-state index is 11.6. The highest BCUT2D eigenvalue weighted by atomic mass is 16.5. The highest BCUT2D eigenvalue weighted by Crippen LogP contribution is 2.21. The molecule has 0 spiro atoms. The highest BCUT2D eigenvalue weighted by molar-refractivity contribution is 5.89. The van der Waals surface area contributed by atoms with Gasteiger partial charge in [-0.3, -0.25) is 4.79 Å². The molecule has 1 rings (SSSR count). The molecular formula is C16H22O3. The van der Waals surface area contributed by atoms with Gasteiger partial charge in [0, 0.05) is 12.0 Å². The summed E-state index contributed by atoms with van der Waals surface area (Å²) in [7, 11) is 1.58. The molecule has 0 aliphatic carbocycles. The number of carbonyl (C=O) groups excluding carboxylic acids is 1. The Morgan fingerprint density at radius 3 is 2.84 bits per heavy atom. The summed E-state index contributed by atoms with van der Waals surface area (Å²) < 4.78 is 5.20. The smallest absolute Gasteiger partial charge is 0.155 e. The van der Waals surface area contributed by atoms with Crippen molar-refractivity contribution < 1.29 is 14.6 Å². The Labute approximate surface area is 114 Å². The summed E-state index contributed by atoms with van der Waals surface area (Å²) in [4.78, 5) is 11.6. The number of ether oxygens (including phenoxy) is 1. The average molecular weight is 262 g/mol. The molecule has 19 heavy (non-hydrogen) atoms. The van der Waals surface area contributed by atoms with Gasteiger partial charge in [0.15, 0.2) is 5.78 Å². The van der Waals surface area contributed by atoms with E-state index in [9.17, 15) is 4.79 Å². The average Bonchev–Trinajstić information content (AvgIpc) is 2.45. The van der Waals surface area contributed by atoms with E-state index in [4.69, 9.17) is 9.84 Å². The fourth-order valence-corrected chi connectivity index (χ4v) is 1.81. The summed E-state index contributed by atoms with van der Waals surface area (Å²) in [6.07, 6.45) is 6.80. The van der Waals surface area contributed by atoms with Gasteiger partial charge < -0.3 is 9.84 Å². The summed E-state index contributed by atoms with van der Waals surface area (Å²) in [5, 5.41) is 9.14. The highest BCUT2D eigenvalue weighted by Gasteiger charge is 2.04. The summed E-state index contributed by atoms with van der Waals surface area (Å²) in [6, 6.07) is 5.65. The number of aliphatic hydroxyl groups is 1. The number of rotatable bonds is 8. The molecule has 1 N–H and O–H groups in total. The zero-order valence-electron chi connectivity index (χ0n) is 11.7. The first-order valence-corrected chi connectivity index (χ1v) is 6.67. The zero-order chi connectivity index (χ0) is 14.1. The second kappa shape index (κ2) is 8.48. The van der Waals surface area contributed by atoms with Crippen molar-refractivity contribution in [3.63, 3.8) is 0 Å². The van der Waals surface area contributed by atoms with E-state index in [1.54, 1.807) is 13.2 Å². The van der Waals surface area contributed by atoms with Crippen LogP contribution in [-0.4, -0.2) is 18.0 Å². The summed E-state index contributed by atoms with van der Waals surface area (Å²) in [5.41, 5.74) is 1.81. The van der Waals surface area contributed by atoms with E-state index in [0.29, 0.717) is 18.6 Å². The normalized spacial score (nSPS) is 10.9. The first-order valence-electron chi connectivity index (χ1n) is 6.67. The molecule has 0 heterocycles. The monoisotopic (exact) mass is 262 g/mol. The fourth-order valence-electron chi connectivity index (χ4n) is 1.81. The molecule has 0 aliphatic rings. The standard InChI is InChI=1S/C16H22O3/c1-3-4-5-6-15(18)10-8-13-7-9-14(12-17)16(11-13)19-2/h5-7,9,11,17H,3-4,8,10,12H2,1-2H3/b6-5+. The number of hydrogen-bond donors (Lipinski definition) is 1. The van der Waals surface area contributed by atoms with Crippen LogP contribution in [0.4, 0.5) is 0 Å². The van der Waals surface area contributed by atoms with Crippen LogP contribution in [0.5, 0.6) is 5.75 Å². The van der Waals surface area contributed by atoms with E-state index in [1.165, 1.54) is 0 Å². The van der Waals surface area contributed by atoms with Gasteiger partial charge in [0.2, 0.25) is 0 Å². The minimum atomic E-state index is -0.0395. The molecular weight excluding hydrogens is 240 g/mol. The number of unbranched alkanes of at least 4 members (excludes halogenated alkanes) is 1. The maximum atomic E-state index is 11.6. The lowest BCUT2D eigenvalue weighted by molar-refractivity contribution is -0.114. The number of ketones is 1. The van der Waals surface area contributed by atoms with Crippen LogP contribution >= 0.6 is 0 Å². The number of allylic oxidation sites excluding steroid dienone is 2. The molecule has 3 nitrogen and oxygen atoms in total. The van der Waals surface area contributed by atoms with E-state index in [1.807, 2.05) is 24.3 Å². The third kappa shape index (κ3) is 5.26. The Hall–Kier alpha value is -1.61. The number of benzene rings is 1. The van der Waals surface area contributed by atoms with Crippen molar-refractivity contribution in [2.45, 2.75) is 39.2 Å². The first kappa shape index (κ1) is 15.4. The van der Waals surface area contributed by atoms with E-state index < -0.39 is 0 Å². The van der Waals surface area contributed by atoms with Crippen molar-refractivity contribution in [2.75, 3.05) is 7.11 Å². The number of methoxy groups -OCH3 is 1. The van der Waals surface area contributed by atoms with Crippen LogP contribution in [0.15, 0.2) is 30.4 Å². The van der Waals surface area contributed by atoms with Gasteiger partial charge in [0.1, 0.15) is 5.75 Å². The van der Waals surface area contributed by atoms with Crippen molar-refractivity contribution in [1.29, 1.82) is 0 Å². The van der Waals surface area contributed by atoms with Gasteiger partial charge in [-0.05, 0) is 30.5 Å². The van der Waals surface area contributed by atoms with Gasteiger partial charge in [-0.2, -0.15) is 0 Å². The molecule has 3 heteroatoms. The Morgan fingerprint density at radius 1 is 1.42 bits per heavy atom. The Balaban J connectivity index is 2.56. The quantitative estimate of drug-likeness (QED) is 0.732. The third-order valence-electron chi connectivity index (χ3n) is 2.94. The summed E-state index contributed by atoms with van der Waals surface area (Å²) >= 11 is 0. The van der Waals surface area contributed by atoms with Crippen molar-refractivity contribution in [2.24, 2.45) is 0 Å². The molecule has 0 aromatic heterocycles. The predicted octanol–water partition coefficient (Wildman–Crippen LogP) is 3.05. The van der Waals surface area contributed by atoms with Crippen molar-refractivity contribution in [3.05, 3.63) is 41.5 Å². The molecule has 0 aliphatic heterocycles. The molecule has 0 unspecified atom stereocenters. The van der Waals surface area contributed by atoms with Gasteiger partial charge in [-0.1, -0.05) is 31.6 Å². The minimum Gasteiger partial charge on any atom is -0.496 e. The molecule has 0 saturated carbocycles. The summed E-state index contributed by atoms with van der Waals surface area (Å²) in [5.74, 6) is 0.827. The molecule has 0 saturated heterocycles. The van der Waals surface area contributed by atoms with E-state index in [-0.39, 0.29) is 12.4 Å². The van der Waals surface area contributed by atoms with Gasteiger partial charge in [0.25, 0.3) is 0 Å². The molecule has 1 aromatic carbocycles. The van der Waals surface area contributed by atoms with E-state index in [0.717, 1.165) is 24.0 Å². The van der Waals surface area contributed by atoms with Crippen LogP contribution in [0.2, 0.25) is 0 Å². The first-order chi connectivity index (χ1) is 9.21. The number of aryl methyl sites for hydroxylation is 1. The largest absolute Gasteiger partial charge is 0.496 e. The van der Waals surface area contributed by atoms with Crippen LogP contribution in [0.25, 0.3) is 0 Å². The molecule has 0 atom stereocenters. The molecule has 0 radical (unpaired) electrons.